The van der Waals surface area contributed by atoms with Crippen LogP contribution >= 0.6 is 11.3 Å². The van der Waals surface area contributed by atoms with Gasteiger partial charge in [0.2, 0.25) is 5.13 Å². The van der Waals surface area contributed by atoms with E-state index >= 15 is 0 Å². The number of nitrogens with one attached hydrogen (secondary N) is 1. The van der Waals surface area contributed by atoms with Crippen LogP contribution in [0.15, 0.2) is 34.2 Å². The first-order chi connectivity index (χ1) is 9.61. The van der Waals surface area contributed by atoms with Crippen LogP contribution < -0.4 is 11.3 Å². The van der Waals surface area contributed by atoms with Crippen molar-refractivity contribution >= 4 is 38.5 Å². The molecular formula is C10H10N6O2S2. The molecule has 3 rings (SSSR count). The van der Waals surface area contributed by atoms with Crippen LogP contribution in [-0.2, 0) is 16.6 Å². The Balaban J connectivity index is 1.93. The van der Waals surface area contributed by atoms with Crippen LogP contribution in [0.4, 0.5) is 10.8 Å². The van der Waals surface area contributed by atoms with Crippen LogP contribution in [0.25, 0.3) is 0 Å². The van der Waals surface area contributed by atoms with Gasteiger partial charge in [0.1, 0.15) is 16.2 Å². The lowest BCUT2D eigenvalue weighted by Crippen LogP contribution is -2.31. The second-order valence-corrected chi connectivity index (χ2v) is 6.83. The average Bonchev–Trinajstić information content (AvgIpc) is 2.90. The van der Waals surface area contributed by atoms with Crippen molar-refractivity contribution in [2.45, 2.75) is 11.4 Å². The molecule has 1 aromatic heterocycles. The lowest BCUT2D eigenvalue weighted by molar-refractivity contribution is 0.520. The summed E-state index contributed by atoms with van der Waals surface area (Å²) in [5.74, 6) is 5.21. The highest BCUT2D eigenvalue weighted by atomic mass is 32.2. The van der Waals surface area contributed by atoms with Crippen LogP contribution in [0.3, 0.4) is 0 Å². The number of nitrogens with zero attached hydrogens (tertiary/aromatic N) is 4. The zero-order chi connectivity index (χ0) is 14.2. The number of aliphatic imine (C=N–C) groups is 1. The summed E-state index contributed by atoms with van der Waals surface area (Å²) in [4.78, 5) is 4.32. The van der Waals surface area contributed by atoms with Crippen molar-refractivity contribution in [1.82, 2.24) is 14.5 Å². The first-order valence-electron chi connectivity index (χ1n) is 5.55. The van der Waals surface area contributed by atoms with Gasteiger partial charge >= 0.3 is 0 Å². The molecule has 0 saturated heterocycles. The van der Waals surface area contributed by atoms with E-state index < -0.39 is 10.0 Å². The molecule has 104 valence electrons. The molecule has 0 radical (unpaired) electrons. The molecule has 3 N–H and O–H groups in total. The number of rotatable bonds is 3. The quantitative estimate of drug-likeness (QED) is 0.637. The predicted octanol–water partition coefficient (Wildman–Crippen LogP) is 0.688. The Kier molecular flexibility index (Phi) is 3.12. The Bertz CT molecular complexity index is 770. The van der Waals surface area contributed by atoms with Gasteiger partial charge in [-0.1, -0.05) is 23.5 Å². The summed E-state index contributed by atoms with van der Waals surface area (Å²) in [7, 11) is -3.61. The molecule has 0 bridgehead atoms. The van der Waals surface area contributed by atoms with Crippen molar-refractivity contribution in [2.24, 2.45) is 10.8 Å². The Morgan fingerprint density at radius 2 is 2.10 bits per heavy atom. The molecule has 8 nitrogen and oxygen atoms in total. The molecule has 0 aliphatic carbocycles. The Labute approximate surface area is 119 Å². The number of nitrogens with two attached hydrogens (primary N) is 1. The van der Waals surface area contributed by atoms with Gasteiger partial charge in [-0.3, -0.25) is 5.43 Å². The van der Waals surface area contributed by atoms with E-state index in [4.69, 9.17) is 5.84 Å². The molecular weight excluding hydrogens is 300 g/mol. The van der Waals surface area contributed by atoms with Crippen LogP contribution in [-0.4, -0.2) is 29.3 Å². The summed E-state index contributed by atoms with van der Waals surface area (Å²) in [6.45, 7) is 0.0690. The lowest BCUT2D eigenvalue weighted by Gasteiger charge is -2.22. The molecule has 1 aliphatic rings. The van der Waals surface area contributed by atoms with Gasteiger partial charge in [0.05, 0.1) is 12.2 Å². The van der Waals surface area contributed by atoms with Gasteiger partial charge in [0.25, 0.3) is 10.0 Å². The minimum atomic E-state index is -3.61. The van der Waals surface area contributed by atoms with Gasteiger partial charge in [-0.2, -0.15) is 0 Å². The third-order valence-electron chi connectivity index (χ3n) is 2.66. The van der Waals surface area contributed by atoms with Crippen molar-refractivity contribution in [3.05, 3.63) is 29.3 Å². The predicted molar refractivity (Wildman–Crippen MR) is 75.0 cm³/mol. The monoisotopic (exact) mass is 310 g/mol. The molecule has 2 aromatic rings. The first-order valence-corrected chi connectivity index (χ1v) is 7.81. The van der Waals surface area contributed by atoms with Crippen LogP contribution in [0.1, 0.15) is 5.01 Å². The third-order valence-corrected chi connectivity index (χ3v) is 5.24. The van der Waals surface area contributed by atoms with Crippen molar-refractivity contribution in [1.29, 1.82) is 0 Å². The van der Waals surface area contributed by atoms with E-state index in [2.05, 4.69) is 20.6 Å². The molecule has 0 spiro atoms. The van der Waals surface area contributed by atoms with E-state index in [1.54, 1.807) is 18.2 Å². The number of anilines is 1. The summed E-state index contributed by atoms with van der Waals surface area (Å²) < 4.78 is 26.0. The van der Waals surface area contributed by atoms with Gasteiger partial charge < -0.3 is 0 Å². The number of hydrazine groups is 1. The summed E-state index contributed by atoms with van der Waals surface area (Å²) in [5.41, 5.74) is 2.80. The number of benzene rings is 1. The zero-order valence-electron chi connectivity index (χ0n) is 10.1. The van der Waals surface area contributed by atoms with Gasteiger partial charge in [-0.15, -0.1) is 10.2 Å². The smallest absolute Gasteiger partial charge is 0.267 e. The van der Waals surface area contributed by atoms with Gasteiger partial charge in [-0.05, 0) is 12.1 Å². The molecule has 1 aliphatic heterocycles. The molecule has 1 aromatic carbocycles. The normalized spacial score (nSPS) is 15.9. The molecule has 0 fully saturated rings. The largest absolute Gasteiger partial charge is 0.298 e. The minimum absolute atomic E-state index is 0.0690. The summed E-state index contributed by atoms with van der Waals surface area (Å²) in [5, 5.41) is 8.56. The number of sulfonamides is 1. The van der Waals surface area contributed by atoms with E-state index in [9.17, 15) is 8.42 Å². The zero-order valence-corrected chi connectivity index (χ0v) is 11.7. The molecule has 0 atom stereocenters. The Morgan fingerprint density at radius 1 is 1.30 bits per heavy atom. The van der Waals surface area contributed by atoms with Gasteiger partial charge in [-0.25, -0.2) is 23.6 Å². The van der Waals surface area contributed by atoms with Crippen LogP contribution in [0.5, 0.6) is 0 Å². The number of nitrogen functional groups attached to an aromatic ring is 1. The number of hydrogen-bond acceptors (Lipinski definition) is 8. The maximum atomic E-state index is 12.4. The molecule has 20 heavy (non-hydrogen) atoms. The Hall–Kier alpha value is -2.04. The summed E-state index contributed by atoms with van der Waals surface area (Å²) >= 11 is 1.18. The molecule has 10 heteroatoms. The number of aromatic nitrogens is 2. The highest BCUT2D eigenvalue weighted by molar-refractivity contribution is 7.89. The second kappa shape index (κ2) is 4.81. The number of fused-ring (bicyclic) bond motifs is 1. The maximum absolute atomic E-state index is 12.4. The molecule has 0 saturated carbocycles. The van der Waals surface area contributed by atoms with E-state index in [0.717, 1.165) is 4.31 Å². The average molecular weight is 310 g/mol. The second-order valence-electron chi connectivity index (χ2n) is 3.91. The highest BCUT2D eigenvalue weighted by Gasteiger charge is 2.29. The number of para-hydroxylation sites is 1. The van der Waals surface area contributed by atoms with Gasteiger partial charge in [0, 0.05) is 0 Å². The number of hydrogen-bond donors (Lipinski definition) is 2. The van der Waals surface area contributed by atoms with Gasteiger partial charge in [0.15, 0.2) is 0 Å². The summed E-state index contributed by atoms with van der Waals surface area (Å²) in [6.07, 6.45) is 1.29. The van der Waals surface area contributed by atoms with Crippen molar-refractivity contribution < 1.29 is 8.42 Å². The fourth-order valence-corrected chi connectivity index (χ4v) is 3.81. The minimum Gasteiger partial charge on any atom is -0.298 e. The van der Waals surface area contributed by atoms with E-state index in [-0.39, 0.29) is 11.4 Å². The van der Waals surface area contributed by atoms with Crippen molar-refractivity contribution in [3.8, 4) is 0 Å². The van der Waals surface area contributed by atoms with Crippen LogP contribution in [0.2, 0.25) is 0 Å². The van der Waals surface area contributed by atoms with E-state index in [1.807, 2.05) is 0 Å². The van der Waals surface area contributed by atoms with Crippen molar-refractivity contribution in [3.63, 3.8) is 0 Å². The standard InChI is InChI=1S/C10H10N6O2S2/c11-13-10-15-14-9(19-10)5-16-6-12-7-3-1-2-4-8(7)20(16,17)18/h1-4,6H,5,11H2,(H,13,15). The first kappa shape index (κ1) is 13.0. The highest BCUT2D eigenvalue weighted by Crippen LogP contribution is 2.31. The third kappa shape index (κ3) is 2.13. The topological polar surface area (TPSA) is 114 Å². The lowest BCUT2D eigenvalue weighted by atomic mass is 10.3. The van der Waals surface area contributed by atoms with Crippen LogP contribution in [0, 0.1) is 0 Å². The summed E-state index contributed by atoms with van der Waals surface area (Å²) in [6, 6.07) is 6.59. The fourth-order valence-electron chi connectivity index (χ4n) is 1.73. The SMILES string of the molecule is NNc1nnc(CN2C=Nc3ccccc3S2(=O)=O)s1. The van der Waals surface area contributed by atoms with Crippen molar-refractivity contribution in [2.75, 3.05) is 5.43 Å². The fraction of sp³-hybridized carbons (Fsp3) is 0.100. The van der Waals surface area contributed by atoms with E-state index in [1.165, 1.54) is 23.7 Å². The maximum Gasteiger partial charge on any atom is 0.267 e. The molecule has 0 amide bonds. The van der Waals surface area contributed by atoms with E-state index in [0.29, 0.717) is 15.8 Å². The Morgan fingerprint density at radius 3 is 2.85 bits per heavy atom. The molecule has 2 heterocycles. The molecule has 0 unspecified atom stereocenters.